The van der Waals surface area contributed by atoms with E-state index >= 15 is 0 Å². The van der Waals surface area contributed by atoms with Gasteiger partial charge in [0.1, 0.15) is 18.3 Å². The lowest BCUT2D eigenvalue weighted by Gasteiger charge is -2.23. The Hall–Kier alpha value is -1.24. The molecule has 0 heterocycles. The van der Waals surface area contributed by atoms with Crippen molar-refractivity contribution in [1.29, 1.82) is 0 Å². The molecule has 0 aliphatic heterocycles. The van der Waals surface area contributed by atoms with Gasteiger partial charge in [0.2, 0.25) is 0 Å². The fraction of sp³-hybridized carbons (Fsp3) is 0.429. The predicted molar refractivity (Wildman–Crippen MR) is 70.3 cm³/mol. The van der Waals surface area contributed by atoms with Crippen LogP contribution in [-0.4, -0.2) is 52.0 Å². The average Bonchev–Trinajstić information content (AvgIpc) is 2.45. The molecule has 106 valence electrons. The SMILES string of the molecule is C=C(COCc1ccccc1)[C@@H](O)[C@H](O)[C@H](O)CO. The van der Waals surface area contributed by atoms with Crippen LogP contribution in [0.1, 0.15) is 5.56 Å². The zero-order chi connectivity index (χ0) is 14.3. The molecular weight excluding hydrogens is 248 g/mol. The van der Waals surface area contributed by atoms with E-state index in [1.54, 1.807) is 0 Å². The van der Waals surface area contributed by atoms with Gasteiger partial charge >= 0.3 is 0 Å². The van der Waals surface area contributed by atoms with Crippen molar-refractivity contribution in [3.63, 3.8) is 0 Å². The molecule has 0 aliphatic rings. The smallest absolute Gasteiger partial charge is 0.112 e. The van der Waals surface area contributed by atoms with Gasteiger partial charge in [0.05, 0.1) is 19.8 Å². The normalized spacial score (nSPS) is 15.8. The average molecular weight is 268 g/mol. The minimum absolute atomic E-state index is 0.0608. The summed E-state index contributed by atoms with van der Waals surface area (Å²) in [5.41, 5.74) is 1.23. The van der Waals surface area contributed by atoms with Gasteiger partial charge in [-0.2, -0.15) is 0 Å². The minimum atomic E-state index is -1.47. The Kier molecular flexibility index (Phi) is 6.69. The first kappa shape index (κ1) is 15.8. The second-order valence-corrected chi connectivity index (χ2v) is 4.32. The highest BCUT2D eigenvalue weighted by atomic mass is 16.5. The Balaban J connectivity index is 2.35. The fourth-order valence-corrected chi connectivity index (χ4v) is 1.52. The molecule has 1 rings (SSSR count). The molecule has 5 heteroatoms. The van der Waals surface area contributed by atoms with Crippen LogP contribution >= 0.6 is 0 Å². The number of hydrogen-bond donors (Lipinski definition) is 4. The summed E-state index contributed by atoms with van der Waals surface area (Å²) >= 11 is 0. The Bertz CT molecular complexity index is 379. The molecule has 0 saturated heterocycles. The minimum Gasteiger partial charge on any atom is -0.394 e. The third-order valence-corrected chi connectivity index (χ3v) is 2.72. The maximum absolute atomic E-state index is 9.68. The van der Waals surface area contributed by atoms with Crippen LogP contribution in [0.2, 0.25) is 0 Å². The van der Waals surface area contributed by atoms with E-state index in [0.717, 1.165) is 5.56 Å². The van der Waals surface area contributed by atoms with Crippen molar-refractivity contribution >= 4 is 0 Å². The maximum atomic E-state index is 9.68. The zero-order valence-electron chi connectivity index (χ0n) is 10.6. The van der Waals surface area contributed by atoms with Gasteiger partial charge < -0.3 is 25.2 Å². The summed E-state index contributed by atoms with van der Waals surface area (Å²) in [6.07, 6.45) is -4.21. The first-order valence-corrected chi connectivity index (χ1v) is 6.00. The van der Waals surface area contributed by atoms with Gasteiger partial charge in [-0.1, -0.05) is 36.9 Å². The molecule has 1 aromatic rings. The number of ether oxygens (including phenoxy) is 1. The van der Waals surface area contributed by atoms with Gasteiger partial charge in [0.25, 0.3) is 0 Å². The highest BCUT2D eigenvalue weighted by molar-refractivity contribution is 5.13. The Morgan fingerprint density at radius 3 is 2.37 bits per heavy atom. The lowest BCUT2D eigenvalue weighted by Crippen LogP contribution is -2.41. The van der Waals surface area contributed by atoms with Gasteiger partial charge in [-0.15, -0.1) is 0 Å². The Morgan fingerprint density at radius 2 is 1.79 bits per heavy atom. The molecule has 0 bridgehead atoms. The van der Waals surface area contributed by atoms with Crippen molar-refractivity contribution in [2.75, 3.05) is 13.2 Å². The van der Waals surface area contributed by atoms with E-state index in [1.165, 1.54) is 0 Å². The molecule has 0 unspecified atom stereocenters. The Morgan fingerprint density at radius 1 is 1.16 bits per heavy atom. The number of hydrogen-bond acceptors (Lipinski definition) is 5. The summed E-state index contributed by atoms with van der Waals surface area (Å²) in [6.45, 7) is 3.39. The predicted octanol–water partition coefficient (Wildman–Crippen LogP) is -0.166. The molecule has 0 aromatic heterocycles. The molecule has 0 amide bonds. The molecule has 0 saturated carbocycles. The van der Waals surface area contributed by atoms with Crippen molar-refractivity contribution in [2.24, 2.45) is 0 Å². The largest absolute Gasteiger partial charge is 0.394 e. The van der Waals surface area contributed by atoms with Crippen LogP contribution in [0.25, 0.3) is 0 Å². The monoisotopic (exact) mass is 268 g/mol. The molecule has 0 aliphatic carbocycles. The zero-order valence-corrected chi connectivity index (χ0v) is 10.6. The molecule has 0 radical (unpaired) electrons. The van der Waals surface area contributed by atoms with E-state index in [1.807, 2.05) is 30.3 Å². The van der Waals surface area contributed by atoms with E-state index in [0.29, 0.717) is 6.61 Å². The van der Waals surface area contributed by atoms with Crippen LogP contribution in [0.3, 0.4) is 0 Å². The third-order valence-electron chi connectivity index (χ3n) is 2.72. The van der Waals surface area contributed by atoms with Crippen LogP contribution in [0.5, 0.6) is 0 Å². The summed E-state index contributed by atoms with van der Waals surface area (Å²) in [4.78, 5) is 0. The maximum Gasteiger partial charge on any atom is 0.112 e. The molecule has 19 heavy (non-hydrogen) atoms. The van der Waals surface area contributed by atoms with Crippen molar-refractivity contribution in [1.82, 2.24) is 0 Å². The first-order valence-electron chi connectivity index (χ1n) is 6.00. The summed E-state index contributed by atoms with van der Waals surface area (Å²) in [5, 5.41) is 37.1. The van der Waals surface area contributed by atoms with Gasteiger partial charge in [-0.25, -0.2) is 0 Å². The highest BCUT2D eigenvalue weighted by Gasteiger charge is 2.26. The summed E-state index contributed by atoms with van der Waals surface area (Å²) in [7, 11) is 0. The van der Waals surface area contributed by atoms with Crippen LogP contribution in [0.4, 0.5) is 0 Å². The molecule has 0 fully saturated rings. The second-order valence-electron chi connectivity index (χ2n) is 4.32. The highest BCUT2D eigenvalue weighted by Crippen LogP contribution is 2.10. The summed E-state index contributed by atoms with van der Waals surface area (Å²) in [5.74, 6) is 0. The van der Waals surface area contributed by atoms with Crippen molar-refractivity contribution in [3.8, 4) is 0 Å². The lowest BCUT2D eigenvalue weighted by atomic mass is 10.0. The van der Waals surface area contributed by atoms with Crippen LogP contribution in [-0.2, 0) is 11.3 Å². The number of benzene rings is 1. The number of aliphatic hydroxyl groups is 4. The first-order chi connectivity index (χ1) is 9.06. The van der Waals surface area contributed by atoms with Crippen molar-refractivity contribution < 1.29 is 25.2 Å². The van der Waals surface area contributed by atoms with Crippen LogP contribution < -0.4 is 0 Å². The molecule has 3 atom stereocenters. The number of rotatable bonds is 8. The molecule has 4 N–H and O–H groups in total. The van der Waals surface area contributed by atoms with Gasteiger partial charge in [-0.3, -0.25) is 0 Å². The van der Waals surface area contributed by atoms with Gasteiger partial charge in [-0.05, 0) is 11.1 Å². The van der Waals surface area contributed by atoms with E-state index in [-0.39, 0.29) is 12.2 Å². The van der Waals surface area contributed by atoms with E-state index in [4.69, 9.17) is 9.84 Å². The summed E-state index contributed by atoms with van der Waals surface area (Å²) in [6, 6.07) is 9.50. The second kappa shape index (κ2) is 8.04. The summed E-state index contributed by atoms with van der Waals surface area (Å²) < 4.78 is 5.35. The van der Waals surface area contributed by atoms with Gasteiger partial charge in [0.15, 0.2) is 0 Å². The van der Waals surface area contributed by atoms with Crippen molar-refractivity contribution in [2.45, 2.75) is 24.9 Å². The fourth-order valence-electron chi connectivity index (χ4n) is 1.52. The topological polar surface area (TPSA) is 90.2 Å². The Labute approximate surface area is 112 Å². The quantitative estimate of drug-likeness (QED) is 0.492. The molecule has 5 nitrogen and oxygen atoms in total. The van der Waals surface area contributed by atoms with E-state index < -0.39 is 24.9 Å². The van der Waals surface area contributed by atoms with Crippen LogP contribution in [0, 0.1) is 0 Å². The molecule has 0 spiro atoms. The van der Waals surface area contributed by atoms with E-state index in [2.05, 4.69) is 6.58 Å². The standard InChI is InChI=1S/C14H20O5/c1-10(13(17)14(18)12(16)7-15)8-19-9-11-5-3-2-4-6-11/h2-6,12-18H,1,7-9H2/t12-,13-,14-/m1/s1. The van der Waals surface area contributed by atoms with Crippen molar-refractivity contribution in [3.05, 3.63) is 48.0 Å². The van der Waals surface area contributed by atoms with Gasteiger partial charge in [0, 0.05) is 0 Å². The third kappa shape index (κ3) is 5.10. The lowest BCUT2D eigenvalue weighted by molar-refractivity contribution is -0.0677. The molecular formula is C14H20O5. The number of aliphatic hydroxyl groups excluding tert-OH is 4. The van der Waals surface area contributed by atoms with Crippen LogP contribution in [0.15, 0.2) is 42.5 Å². The van der Waals surface area contributed by atoms with E-state index in [9.17, 15) is 15.3 Å². The molecule has 1 aromatic carbocycles.